The number of amides is 1. The van der Waals surface area contributed by atoms with Crippen LogP contribution in [0.25, 0.3) is 0 Å². The minimum Gasteiger partial charge on any atom is -0.339 e. The maximum absolute atomic E-state index is 14.2. The van der Waals surface area contributed by atoms with E-state index in [2.05, 4.69) is 5.32 Å². The topological polar surface area (TPSA) is 32.3 Å². The first-order chi connectivity index (χ1) is 10.7. The molecule has 120 valence electrons. The summed E-state index contributed by atoms with van der Waals surface area (Å²) in [5.74, 6) is -1.88. The number of rotatable bonds is 2. The highest BCUT2D eigenvalue weighted by Crippen LogP contribution is 2.30. The Morgan fingerprint density at radius 1 is 1.09 bits per heavy atom. The summed E-state index contributed by atoms with van der Waals surface area (Å²) < 4.78 is 28.1. The van der Waals surface area contributed by atoms with Gasteiger partial charge in [0.15, 0.2) is 11.6 Å². The summed E-state index contributed by atoms with van der Waals surface area (Å²) in [5, 5.41) is 3.22. The van der Waals surface area contributed by atoms with Crippen LogP contribution < -0.4 is 5.32 Å². The zero-order chi connectivity index (χ0) is 15.5. The van der Waals surface area contributed by atoms with E-state index in [4.69, 9.17) is 0 Å². The van der Waals surface area contributed by atoms with Gasteiger partial charge in [0, 0.05) is 18.7 Å². The molecule has 0 aliphatic carbocycles. The lowest BCUT2D eigenvalue weighted by Crippen LogP contribution is -2.36. The Hall–Kier alpha value is -1.49. The third-order valence-electron chi connectivity index (χ3n) is 4.73. The van der Waals surface area contributed by atoms with Crippen LogP contribution in [0.4, 0.5) is 8.78 Å². The first-order valence-corrected chi connectivity index (χ1v) is 8.16. The van der Waals surface area contributed by atoms with Gasteiger partial charge in [-0.15, -0.1) is 0 Å². The van der Waals surface area contributed by atoms with Gasteiger partial charge in [0.25, 0.3) is 5.91 Å². The molecular weight excluding hydrogens is 286 g/mol. The second kappa shape index (κ2) is 6.73. The van der Waals surface area contributed by atoms with E-state index in [-0.39, 0.29) is 17.4 Å². The van der Waals surface area contributed by atoms with Gasteiger partial charge >= 0.3 is 0 Å². The quantitative estimate of drug-likeness (QED) is 0.911. The summed E-state index contributed by atoms with van der Waals surface area (Å²) in [4.78, 5) is 14.3. The van der Waals surface area contributed by atoms with Crippen molar-refractivity contribution in [2.24, 2.45) is 0 Å². The fourth-order valence-electron chi connectivity index (χ4n) is 3.44. The number of benzene rings is 1. The van der Waals surface area contributed by atoms with Crippen LogP contribution in [0.15, 0.2) is 12.1 Å². The molecule has 3 rings (SSSR count). The molecule has 1 aromatic carbocycles. The van der Waals surface area contributed by atoms with Gasteiger partial charge in [-0.25, -0.2) is 8.78 Å². The van der Waals surface area contributed by atoms with Crippen molar-refractivity contribution in [2.45, 2.75) is 38.0 Å². The second-order valence-electron chi connectivity index (χ2n) is 6.24. The molecule has 2 fully saturated rings. The molecule has 0 aromatic heterocycles. The highest BCUT2D eigenvalue weighted by Gasteiger charge is 2.25. The Labute approximate surface area is 129 Å². The molecule has 2 heterocycles. The van der Waals surface area contributed by atoms with Crippen LogP contribution >= 0.6 is 0 Å². The molecule has 0 atom stereocenters. The normalized spacial score (nSPS) is 20.2. The zero-order valence-corrected chi connectivity index (χ0v) is 12.7. The summed E-state index contributed by atoms with van der Waals surface area (Å²) in [6.45, 7) is 3.02. The van der Waals surface area contributed by atoms with Gasteiger partial charge in [-0.3, -0.25) is 4.79 Å². The number of hydrogen-bond donors (Lipinski definition) is 1. The Morgan fingerprint density at radius 2 is 1.77 bits per heavy atom. The molecule has 2 aliphatic heterocycles. The van der Waals surface area contributed by atoms with E-state index >= 15 is 0 Å². The van der Waals surface area contributed by atoms with Crippen molar-refractivity contribution >= 4 is 5.91 Å². The lowest BCUT2D eigenvalue weighted by atomic mass is 9.88. The molecule has 0 spiro atoms. The van der Waals surface area contributed by atoms with E-state index in [0.29, 0.717) is 18.7 Å². The first-order valence-electron chi connectivity index (χ1n) is 8.16. The average molecular weight is 308 g/mol. The standard InChI is InChI=1S/C17H22F2N2O/c18-15-11-13(17(22)21-8-2-1-3-9-21)10-14(16(15)19)12-4-6-20-7-5-12/h10-12,20H,1-9H2. The van der Waals surface area contributed by atoms with Crippen LogP contribution in [0.2, 0.25) is 0 Å². The first kappa shape index (κ1) is 15.4. The molecule has 3 nitrogen and oxygen atoms in total. The molecule has 0 saturated carbocycles. The molecule has 1 N–H and O–H groups in total. The summed E-state index contributed by atoms with van der Waals surface area (Å²) in [5.41, 5.74) is 0.649. The summed E-state index contributed by atoms with van der Waals surface area (Å²) >= 11 is 0. The minimum atomic E-state index is -0.906. The molecule has 0 bridgehead atoms. The van der Waals surface area contributed by atoms with Gasteiger partial charge < -0.3 is 10.2 Å². The molecule has 22 heavy (non-hydrogen) atoms. The molecule has 5 heteroatoms. The van der Waals surface area contributed by atoms with E-state index in [0.717, 1.165) is 51.3 Å². The van der Waals surface area contributed by atoms with Crippen molar-refractivity contribution < 1.29 is 13.6 Å². The van der Waals surface area contributed by atoms with Crippen molar-refractivity contribution in [1.29, 1.82) is 0 Å². The van der Waals surface area contributed by atoms with Crippen LogP contribution in [0.3, 0.4) is 0 Å². The number of nitrogens with one attached hydrogen (secondary N) is 1. The van der Waals surface area contributed by atoms with E-state index in [1.54, 1.807) is 11.0 Å². The molecular formula is C17H22F2N2O. The Kier molecular flexibility index (Phi) is 4.71. The molecule has 0 unspecified atom stereocenters. The van der Waals surface area contributed by atoms with Gasteiger partial charge in [0.1, 0.15) is 0 Å². The molecule has 1 amide bonds. The summed E-state index contributed by atoms with van der Waals surface area (Å²) in [7, 11) is 0. The molecule has 1 aromatic rings. The largest absolute Gasteiger partial charge is 0.339 e. The average Bonchev–Trinajstić information content (AvgIpc) is 2.58. The molecule has 0 radical (unpaired) electrons. The maximum Gasteiger partial charge on any atom is 0.253 e. The van der Waals surface area contributed by atoms with Crippen LogP contribution in [0, 0.1) is 11.6 Å². The lowest BCUT2D eigenvalue weighted by molar-refractivity contribution is 0.0723. The van der Waals surface area contributed by atoms with Crippen molar-refractivity contribution in [3.63, 3.8) is 0 Å². The van der Waals surface area contributed by atoms with Gasteiger partial charge in [-0.2, -0.15) is 0 Å². The van der Waals surface area contributed by atoms with Gasteiger partial charge in [-0.05, 0) is 68.8 Å². The Morgan fingerprint density at radius 3 is 2.45 bits per heavy atom. The van der Waals surface area contributed by atoms with Gasteiger partial charge in [0.05, 0.1) is 0 Å². The number of carbonyl (C=O) groups is 1. The fraction of sp³-hybridized carbons (Fsp3) is 0.588. The van der Waals surface area contributed by atoms with Crippen LogP contribution in [0.1, 0.15) is 53.9 Å². The highest BCUT2D eigenvalue weighted by molar-refractivity contribution is 5.94. The molecule has 2 saturated heterocycles. The Balaban J connectivity index is 1.88. The van der Waals surface area contributed by atoms with Crippen molar-refractivity contribution in [3.8, 4) is 0 Å². The lowest BCUT2D eigenvalue weighted by Gasteiger charge is -2.28. The van der Waals surface area contributed by atoms with Crippen LogP contribution in [0.5, 0.6) is 0 Å². The number of hydrogen-bond acceptors (Lipinski definition) is 2. The SMILES string of the molecule is O=C(c1cc(F)c(F)c(C2CCNCC2)c1)N1CCCCC1. The van der Waals surface area contributed by atoms with Gasteiger partial charge in [0.2, 0.25) is 0 Å². The number of nitrogens with zero attached hydrogens (tertiary/aromatic N) is 1. The van der Waals surface area contributed by atoms with Crippen LogP contribution in [-0.4, -0.2) is 37.0 Å². The molecule has 2 aliphatic rings. The maximum atomic E-state index is 14.2. The number of halogens is 2. The second-order valence-corrected chi connectivity index (χ2v) is 6.24. The van der Waals surface area contributed by atoms with Crippen LogP contribution in [-0.2, 0) is 0 Å². The monoisotopic (exact) mass is 308 g/mol. The van der Waals surface area contributed by atoms with Crippen molar-refractivity contribution in [1.82, 2.24) is 10.2 Å². The van der Waals surface area contributed by atoms with E-state index in [9.17, 15) is 13.6 Å². The predicted octanol–water partition coefficient (Wildman–Crippen LogP) is 3.06. The van der Waals surface area contributed by atoms with Gasteiger partial charge in [-0.1, -0.05) is 0 Å². The fourth-order valence-corrected chi connectivity index (χ4v) is 3.44. The number of carbonyl (C=O) groups excluding carboxylic acids is 1. The third kappa shape index (κ3) is 3.14. The predicted molar refractivity (Wildman–Crippen MR) is 81.0 cm³/mol. The smallest absolute Gasteiger partial charge is 0.253 e. The van der Waals surface area contributed by atoms with E-state index in [1.165, 1.54) is 0 Å². The van der Waals surface area contributed by atoms with E-state index in [1.807, 2.05) is 0 Å². The Bertz CT molecular complexity index is 550. The zero-order valence-electron chi connectivity index (χ0n) is 12.7. The van der Waals surface area contributed by atoms with E-state index < -0.39 is 11.6 Å². The van der Waals surface area contributed by atoms with Crippen molar-refractivity contribution in [2.75, 3.05) is 26.2 Å². The number of likely N-dealkylation sites (tertiary alicyclic amines) is 1. The van der Waals surface area contributed by atoms with Crippen molar-refractivity contribution in [3.05, 3.63) is 34.9 Å². The summed E-state index contributed by atoms with van der Waals surface area (Å²) in [6, 6.07) is 2.63. The number of piperidine rings is 2. The minimum absolute atomic E-state index is 0.00939. The highest BCUT2D eigenvalue weighted by atomic mass is 19.2. The summed E-state index contributed by atoms with van der Waals surface area (Å²) in [6.07, 6.45) is 4.64. The third-order valence-corrected chi connectivity index (χ3v) is 4.73.